The number of carbonyl (C=O) groups is 1. The molecule has 0 spiro atoms. The van der Waals surface area contributed by atoms with Crippen molar-refractivity contribution < 1.29 is 13.6 Å². The zero-order chi connectivity index (χ0) is 8.48. The highest BCUT2D eigenvalue weighted by molar-refractivity contribution is 5.84. The number of halogens is 2. The topological polar surface area (TPSA) is 40.9 Å². The van der Waals surface area contributed by atoms with Gasteiger partial charge in [-0.15, -0.1) is 0 Å². The average molecular weight is 159 g/mol. The highest BCUT2D eigenvalue weighted by Crippen LogP contribution is 2.34. The normalized spacial score (nSPS) is 29.5. The van der Waals surface area contributed by atoms with E-state index in [2.05, 4.69) is 0 Å². The molecule has 0 bridgehead atoms. The Bertz CT molecular complexity index is 219. The fourth-order valence-corrected chi connectivity index (χ4v) is 1.11. The lowest BCUT2D eigenvalue weighted by Gasteiger charge is -2.23. The molecule has 0 amide bonds. The van der Waals surface area contributed by atoms with Gasteiger partial charge in [-0.25, -0.2) is 8.78 Å². The van der Waals surface area contributed by atoms with Crippen molar-refractivity contribution in [1.29, 1.82) is 5.26 Å². The second-order valence-electron chi connectivity index (χ2n) is 2.71. The van der Waals surface area contributed by atoms with Gasteiger partial charge in [0.2, 0.25) is 5.92 Å². The maximum atomic E-state index is 12.5. The summed E-state index contributed by atoms with van der Waals surface area (Å²) in [6.07, 6.45) is -1.16. The Morgan fingerprint density at radius 3 is 2.73 bits per heavy atom. The van der Waals surface area contributed by atoms with Crippen molar-refractivity contribution in [2.75, 3.05) is 0 Å². The summed E-state index contributed by atoms with van der Waals surface area (Å²) >= 11 is 0. The summed E-state index contributed by atoms with van der Waals surface area (Å²) in [4.78, 5) is 10.8. The second kappa shape index (κ2) is 2.57. The van der Waals surface area contributed by atoms with Crippen LogP contribution in [0.1, 0.15) is 19.3 Å². The predicted molar refractivity (Wildman–Crippen MR) is 32.9 cm³/mol. The van der Waals surface area contributed by atoms with Gasteiger partial charge in [0.25, 0.3) is 0 Å². The fourth-order valence-electron chi connectivity index (χ4n) is 1.11. The standard InChI is InChI=1S/C7H7F2NO/c8-7(9)2-1-6(11)5(3-7)4-10/h5H,1-3H2/t5-/m1/s1. The monoisotopic (exact) mass is 159 g/mol. The molecule has 0 heterocycles. The van der Waals surface area contributed by atoms with Gasteiger partial charge < -0.3 is 0 Å². The van der Waals surface area contributed by atoms with Crippen LogP contribution in [0.5, 0.6) is 0 Å². The zero-order valence-corrected chi connectivity index (χ0v) is 5.81. The van der Waals surface area contributed by atoms with Gasteiger partial charge in [0.15, 0.2) is 0 Å². The molecule has 11 heavy (non-hydrogen) atoms. The minimum absolute atomic E-state index is 0.161. The summed E-state index contributed by atoms with van der Waals surface area (Å²) in [5, 5.41) is 8.29. The van der Waals surface area contributed by atoms with Crippen LogP contribution in [0.2, 0.25) is 0 Å². The molecule has 0 radical (unpaired) electrons. The summed E-state index contributed by atoms with van der Waals surface area (Å²) in [6, 6.07) is 1.58. The molecule has 2 nitrogen and oxygen atoms in total. The van der Waals surface area contributed by atoms with Crippen LogP contribution in [0.4, 0.5) is 8.78 Å². The molecule has 1 saturated carbocycles. The number of rotatable bonds is 0. The number of carbonyl (C=O) groups excluding carboxylic acids is 1. The van der Waals surface area contributed by atoms with Crippen LogP contribution in [0.15, 0.2) is 0 Å². The minimum Gasteiger partial charge on any atom is -0.298 e. The van der Waals surface area contributed by atoms with Crippen molar-refractivity contribution in [3.63, 3.8) is 0 Å². The van der Waals surface area contributed by atoms with Crippen LogP contribution in [-0.4, -0.2) is 11.7 Å². The van der Waals surface area contributed by atoms with E-state index in [1.54, 1.807) is 6.07 Å². The molecule has 0 aromatic heterocycles. The van der Waals surface area contributed by atoms with E-state index in [9.17, 15) is 13.6 Å². The van der Waals surface area contributed by atoms with Crippen molar-refractivity contribution in [1.82, 2.24) is 0 Å². The first-order valence-electron chi connectivity index (χ1n) is 3.35. The van der Waals surface area contributed by atoms with Crippen LogP contribution >= 0.6 is 0 Å². The van der Waals surface area contributed by atoms with E-state index in [0.717, 1.165) is 0 Å². The number of hydrogen-bond donors (Lipinski definition) is 0. The van der Waals surface area contributed by atoms with Crippen molar-refractivity contribution in [2.45, 2.75) is 25.2 Å². The van der Waals surface area contributed by atoms with Crippen LogP contribution in [0, 0.1) is 17.2 Å². The van der Waals surface area contributed by atoms with E-state index >= 15 is 0 Å². The molecule has 0 unspecified atom stereocenters. The minimum atomic E-state index is -2.81. The molecule has 0 aromatic carbocycles. The van der Waals surface area contributed by atoms with E-state index in [0.29, 0.717) is 0 Å². The van der Waals surface area contributed by atoms with Gasteiger partial charge in [0.05, 0.1) is 6.07 Å². The maximum absolute atomic E-state index is 12.5. The highest BCUT2D eigenvalue weighted by atomic mass is 19.3. The molecule has 0 aliphatic heterocycles. The SMILES string of the molecule is N#C[C@H]1CC(F)(F)CCC1=O. The molecule has 1 atom stereocenters. The van der Waals surface area contributed by atoms with Gasteiger partial charge in [-0.3, -0.25) is 4.79 Å². The molecule has 1 fully saturated rings. The molecule has 1 aliphatic rings. The quantitative estimate of drug-likeness (QED) is 0.537. The van der Waals surface area contributed by atoms with Gasteiger partial charge in [-0.05, 0) is 0 Å². The Morgan fingerprint density at radius 2 is 2.27 bits per heavy atom. The van der Waals surface area contributed by atoms with Crippen molar-refractivity contribution >= 4 is 5.78 Å². The molecule has 0 aromatic rings. The number of nitriles is 1. The van der Waals surface area contributed by atoms with Gasteiger partial charge in [-0.1, -0.05) is 0 Å². The highest BCUT2D eigenvalue weighted by Gasteiger charge is 2.40. The van der Waals surface area contributed by atoms with Crippen LogP contribution < -0.4 is 0 Å². The first kappa shape index (κ1) is 8.12. The first-order chi connectivity index (χ1) is 5.05. The summed E-state index contributed by atoms with van der Waals surface area (Å²) in [6.45, 7) is 0. The van der Waals surface area contributed by atoms with Gasteiger partial charge >= 0.3 is 0 Å². The van der Waals surface area contributed by atoms with E-state index in [1.165, 1.54) is 0 Å². The molecule has 4 heteroatoms. The van der Waals surface area contributed by atoms with Crippen molar-refractivity contribution in [3.05, 3.63) is 0 Å². The third-order valence-corrected chi connectivity index (χ3v) is 1.78. The molecule has 60 valence electrons. The average Bonchev–Trinajstić information content (AvgIpc) is 1.94. The number of nitrogens with zero attached hydrogens (tertiary/aromatic N) is 1. The number of hydrogen-bond acceptors (Lipinski definition) is 2. The maximum Gasteiger partial charge on any atom is 0.250 e. The molecule has 1 aliphatic carbocycles. The lowest BCUT2D eigenvalue weighted by molar-refractivity contribution is -0.132. The Morgan fingerprint density at radius 1 is 1.64 bits per heavy atom. The Labute approximate surface area is 62.8 Å². The first-order valence-corrected chi connectivity index (χ1v) is 3.35. The van der Waals surface area contributed by atoms with Crippen molar-refractivity contribution in [3.8, 4) is 6.07 Å². The third-order valence-electron chi connectivity index (χ3n) is 1.78. The molecular weight excluding hydrogens is 152 g/mol. The van der Waals surface area contributed by atoms with Crippen molar-refractivity contribution in [2.24, 2.45) is 5.92 Å². The number of alkyl halides is 2. The summed E-state index contributed by atoms with van der Waals surface area (Å²) in [5.41, 5.74) is 0. The van der Waals surface area contributed by atoms with Crippen LogP contribution in [0.25, 0.3) is 0 Å². The van der Waals surface area contributed by atoms with Gasteiger partial charge in [-0.2, -0.15) is 5.26 Å². The smallest absolute Gasteiger partial charge is 0.250 e. The molecule has 1 rings (SSSR count). The summed E-state index contributed by atoms with van der Waals surface area (Å²) < 4.78 is 25.0. The Hall–Kier alpha value is -0.980. The Balaban J connectivity index is 2.68. The third kappa shape index (κ3) is 1.73. The number of Topliss-reactive ketones (excluding diaryl/α,β-unsaturated/α-hetero) is 1. The molecule has 0 saturated heterocycles. The number of ketones is 1. The summed E-state index contributed by atoms with van der Waals surface area (Å²) in [7, 11) is 0. The summed E-state index contributed by atoms with van der Waals surface area (Å²) in [5.74, 6) is -4.24. The second-order valence-corrected chi connectivity index (χ2v) is 2.71. The largest absolute Gasteiger partial charge is 0.298 e. The zero-order valence-electron chi connectivity index (χ0n) is 5.81. The lowest BCUT2D eigenvalue weighted by Crippen LogP contribution is -2.31. The van der Waals surface area contributed by atoms with Gasteiger partial charge in [0, 0.05) is 19.3 Å². The Kier molecular flexibility index (Phi) is 1.90. The fraction of sp³-hybridized carbons (Fsp3) is 0.714. The van der Waals surface area contributed by atoms with Crippen LogP contribution in [-0.2, 0) is 4.79 Å². The van der Waals surface area contributed by atoms with E-state index in [4.69, 9.17) is 5.26 Å². The van der Waals surface area contributed by atoms with E-state index < -0.39 is 24.7 Å². The van der Waals surface area contributed by atoms with E-state index in [1.807, 2.05) is 0 Å². The lowest BCUT2D eigenvalue weighted by atomic mass is 9.86. The molecule has 0 N–H and O–H groups in total. The predicted octanol–water partition coefficient (Wildman–Crippen LogP) is 1.51. The van der Waals surface area contributed by atoms with Crippen LogP contribution in [0.3, 0.4) is 0 Å². The molecular formula is C7H7F2NO. The van der Waals surface area contributed by atoms with Gasteiger partial charge in [0.1, 0.15) is 11.7 Å². The van der Waals surface area contributed by atoms with E-state index in [-0.39, 0.29) is 12.2 Å².